The van der Waals surface area contributed by atoms with E-state index in [0.717, 1.165) is 52.8 Å². The summed E-state index contributed by atoms with van der Waals surface area (Å²) in [6.45, 7) is 1.38. The Hall–Kier alpha value is -2.81. The van der Waals surface area contributed by atoms with Gasteiger partial charge in [0.25, 0.3) is 5.91 Å². The van der Waals surface area contributed by atoms with Crippen LogP contribution in [-0.2, 0) is 10.2 Å². The van der Waals surface area contributed by atoms with Crippen molar-refractivity contribution in [3.05, 3.63) is 59.5 Å². The molecular weight excluding hydrogens is 451 g/mol. The number of rotatable bonds is 4. The molecule has 0 unspecified atom stereocenters. The molecule has 3 N–H and O–H groups in total. The van der Waals surface area contributed by atoms with Gasteiger partial charge in [0.05, 0.1) is 15.9 Å². The number of imidazole rings is 1. The van der Waals surface area contributed by atoms with Crippen LogP contribution in [-0.4, -0.2) is 40.1 Å². The number of benzene rings is 2. The molecule has 0 atom stereocenters. The van der Waals surface area contributed by atoms with Gasteiger partial charge in [-0.1, -0.05) is 17.4 Å². The molecular formula is C26H25FN4O2S. The summed E-state index contributed by atoms with van der Waals surface area (Å²) >= 11 is 1.50. The molecule has 2 aromatic heterocycles. The third-order valence-corrected chi connectivity index (χ3v) is 8.86. The number of ether oxygens (including phenoxy) is 1. The fourth-order valence-electron chi connectivity index (χ4n) is 6.11. The average Bonchev–Trinajstić information content (AvgIpc) is 3.34. The topological polar surface area (TPSA) is 81.7 Å². The predicted octanol–water partition coefficient (Wildman–Crippen LogP) is 4.40. The molecule has 0 spiro atoms. The number of hydrogen-bond acceptors (Lipinski definition) is 5. The number of carbonyl (C=O) groups is 1. The summed E-state index contributed by atoms with van der Waals surface area (Å²) in [5.41, 5.74) is 10.0. The van der Waals surface area contributed by atoms with Crippen LogP contribution in [0, 0.1) is 5.82 Å². The van der Waals surface area contributed by atoms with Crippen LogP contribution in [0.4, 0.5) is 4.39 Å². The van der Waals surface area contributed by atoms with Crippen LogP contribution < -0.4 is 11.1 Å². The Morgan fingerprint density at radius 2 is 1.97 bits per heavy atom. The van der Waals surface area contributed by atoms with Crippen molar-refractivity contribution >= 4 is 32.4 Å². The summed E-state index contributed by atoms with van der Waals surface area (Å²) in [6, 6.07) is 11.4. The molecule has 174 valence electrons. The molecule has 1 aliphatic heterocycles. The van der Waals surface area contributed by atoms with Gasteiger partial charge in [0.15, 0.2) is 4.96 Å². The number of nitrogens with one attached hydrogen (secondary N) is 1. The van der Waals surface area contributed by atoms with Crippen LogP contribution in [0.2, 0.25) is 0 Å². The molecule has 4 fully saturated rings. The van der Waals surface area contributed by atoms with E-state index in [2.05, 4.69) is 5.32 Å². The van der Waals surface area contributed by atoms with Gasteiger partial charge in [-0.3, -0.25) is 9.20 Å². The zero-order chi connectivity index (χ0) is 23.1. The molecule has 2 bridgehead atoms. The van der Waals surface area contributed by atoms with Crippen LogP contribution in [0.15, 0.2) is 42.6 Å². The maximum absolute atomic E-state index is 15.1. The van der Waals surface area contributed by atoms with E-state index in [1.807, 2.05) is 40.9 Å². The second-order valence-corrected chi connectivity index (χ2v) is 11.3. The van der Waals surface area contributed by atoms with Gasteiger partial charge in [0.2, 0.25) is 0 Å². The van der Waals surface area contributed by atoms with Crippen molar-refractivity contribution in [3.8, 4) is 11.3 Å². The number of amides is 1. The molecule has 3 saturated carbocycles. The van der Waals surface area contributed by atoms with Crippen LogP contribution in [0.1, 0.15) is 48.0 Å². The van der Waals surface area contributed by atoms with E-state index < -0.39 is 0 Å². The molecule has 34 heavy (non-hydrogen) atoms. The van der Waals surface area contributed by atoms with Gasteiger partial charge in [0, 0.05) is 47.5 Å². The summed E-state index contributed by atoms with van der Waals surface area (Å²) in [5.74, 6) is -0.303. The number of hydrogen-bond donors (Lipinski definition) is 2. The van der Waals surface area contributed by atoms with Crippen molar-refractivity contribution in [1.82, 2.24) is 14.7 Å². The Morgan fingerprint density at radius 3 is 2.71 bits per heavy atom. The maximum Gasteiger partial charge on any atom is 0.251 e. The molecule has 0 radical (unpaired) electrons. The van der Waals surface area contributed by atoms with E-state index in [9.17, 15) is 4.79 Å². The van der Waals surface area contributed by atoms with E-state index in [1.165, 1.54) is 11.3 Å². The number of fused-ring (bicyclic) bond motifs is 3. The van der Waals surface area contributed by atoms with Crippen LogP contribution >= 0.6 is 11.3 Å². The molecule has 2 aromatic carbocycles. The van der Waals surface area contributed by atoms with Crippen molar-refractivity contribution < 1.29 is 13.9 Å². The quantitative estimate of drug-likeness (QED) is 0.458. The lowest BCUT2D eigenvalue weighted by Crippen LogP contribution is -2.74. The van der Waals surface area contributed by atoms with E-state index >= 15 is 4.39 Å². The second kappa shape index (κ2) is 7.10. The standard InChI is InChI=1S/C26H25FN4O2S/c27-19-10-16(25-12-26(28,13-25)14-25)2-3-18(19)20-11-31-21-4-1-15(9-22(21)34-24(31)30-20)23(32)29-17-5-7-33-8-6-17/h1-4,9-11,17H,5-8,12-14,28H2,(H,29,32). The monoisotopic (exact) mass is 476 g/mol. The highest BCUT2D eigenvalue weighted by atomic mass is 32.1. The van der Waals surface area contributed by atoms with Gasteiger partial charge >= 0.3 is 0 Å². The number of thiazole rings is 1. The fraction of sp³-hybridized carbons (Fsp3) is 0.385. The van der Waals surface area contributed by atoms with Crippen molar-refractivity contribution in [1.29, 1.82) is 0 Å². The average molecular weight is 477 g/mol. The molecule has 8 rings (SSSR count). The Bertz CT molecular complexity index is 1450. The third kappa shape index (κ3) is 3.05. The van der Waals surface area contributed by atoms with E-state index in [4.69, 9.17) is 15.5 Å². The molecule has 1 amide bonds. The molecule has 6 nitrogen and oxygen atoms in total. The first-order chi connectivity index (χ1) is 16.4. The first-order valence-electron chi connectivity index (χ1n) is 11.8. The van der Waals surface area contributed by atoms with Crippen molar-refractivity contribution in [3.63, 3.8) is 0 Å². The molecule has 4 aromatic rings. The second-order valence-electron chi connectivity index (χ2n) is 10.3. The van der Waals surface area contributed by atoms with E-state index in [1.54, 1.807) is 6.07 Å². The lowest BCUT2D eigenvalue weighted by molar-refractivity contribution is -0.0591. The zero-order valence-electron chi connectivity index (χ0n) is 18.6. The number of aromatic nitrogens is 2. The van der Waals surface area contributed by atoms with Crippen LogP contribution in [0.3, 0.4) is 0 Å². The number of halogens is 1. The SMILES string of the molecule is NC12CC(c3ccc(-c4cn5c(n4)sc4cc(C(=O)NC6CCOCC6)ccc45)c(F)c3)(C1)C2. The van der Waals surface area contributed by atoms with Gasteiger partial charge in [-0.2, -0.15) is 0 Å². The minimum atomic E-state index is -0.240. The van der Waals surface area contributed by atoms with Crippen molar-refractivity contribution in [2.24, 2.45) is 5.73 Å². The molecule has 3 heterocycles. The third-order valence-electron chi connectivity index (χ3n) is 7.84. The first kappa shape index (κ1) is 20.6. The summed E-state index contributed by atoms with van der Waals surface area (Å²) in [4.78, 5) is 18.2. The Kier molecular flexibility index (Phi) is 4.29. The zero-order valence-corrected chi connectivity index (χ0v) is 19.5. The van der Waals surface area contributed by atoms with Crippen molar-refractivity contribution in [2.75, 3.05) is 13.2 Å². The molecule has 3 aliphatic carbocycles. The summed E-state index contributed by atoms with van der Waals surface area (Å²) in [7, 11) is 0. The predicted molar refractivity (Wildman–Crippen MR) is 130 cm³/mol. The lowest BCUT2D eigenvalue weighted by atomic mass is 9.38. The summed E-state index contributed by atoms with van der Waals surface area (Å²) in [6.07, 6.45) is 6.44. The Balaban J connectivity index is 1.16. The van der Waals surface area contributed by atoms with E-state index in [-0.39, 0.29) is 28.7 Å². The first-order valence-corrected chi connectivity index (χ1v) is 12.6. The van der Waals surface area contributed by atoms with Gasteiger partial charge in [-0.05, 0) is 68.0 Å². The molecule has 1 saturated heterocycles. The largest absolute Gasteiger partial charge is 0.381 e. The lowest BCUT2D eigenvalue weighted by Gasteiger charge is -2.69. The summed E-state index contributed by atoms with van der Waals surface area (Å²) in [5, 5.41) is 3.11. The van der Waals surface area contributed by atoms with Crippen LogP contribution in [0.25, 0.3) is 26.4 Å². The summed E-state index contributed by atoms with van der Waals surface area (Å²) < 4.78 is 23.4. The van der Waals surface area contributed by atoms with Crippen LogP contribution in [0.5, 0.6) is 0 Å². The smallest absolute Gasteiger partial charge is 0.251 e. The minimum Gasteiger partial charge on any atom is -0.381 e. The van der Waals surface area contributed by atoms with Gasteiger partial charge in [0.1, 0.15) is 5.82 Å². The van der Waals surface area contributed by atoms with E-state index in [0.29, 0.717) is 30.0 Å². The Labute approximate surface area is 199 Å². The normalized spacial score (nSPS) is 26.4. The highest BCUT2D eigenvalue weighted by molar-refractivity contribution is 7.23. The van der Waals surface area contributed by atoms with Crippen molar-refractivity contribution in [2.45, 2.75) is 49.1 Å². The van der Waals surface area contributed by atoms with Gasteiger partial charge in [-0.15, -0.1) is 0 Å². The number of carbonyl (C=O) groups excluding carboxylic acids is 1. The van der Waals surface area contributed by atoms with Gasteiger partial charge < -0.3 is 15.8 Å². The molecule has 8 heteroatoms. The molecule has 4 aliphatic rings. The fourth-order valence-corrected chi connectivity index (χ4v) is 7.16. The number of nitrogens with two attached hydrogens (primary N) is 1. The number of nitrogens with zero attached hydrogens (tertiary/aromatic N) is 2. The minimum absolute atomic E-state index is 0.00415. The highest BCUT2D eigenvalue weighted by Gasteiger charge is 2.66. The van der Waals surface area contributed by atoms with Gasteiger partial charge in [-0.25, -0.2) is 9.37 Å². The maximum atomic E-state index is 15.1. The highest BCUT2D eigenvalue weighted by Crippen LogP contribution is 2.66. The Morgan fingerprint density at radius 1 is 1.18 bits per heavy atom.